The average Bonchev–Trinajstić information content (AvgIpc) is 3.28. The average molecular weight is 340 g/mol. The van der Waals surface area contributed by atoms with Crippen LogP contribution in [0.2, 0.25) is 0 Å². The zero-order valence-corrected chi connectivity index (χ0v) is 14.8. The molecule has 0 bridgehead atoms. The number of imidazole rings is 1. The Morgan fingerprint density at radius 3 is 2.83 bits per heavy atom. The zero-order valence-electron chi connectivity index (χ0n) is 14.0. The van der Waals surface area contributed by atoms with Gasteiger partial charge < -0.3 is 4.57 Å². The molecule has 7 heteroatoms. The van der Waals surface area contributed by atoms with Crippen LogP contribution in [-0.2, 0) is 13.5 Å². The van der Waals surface area contributed by atoms with E-state index in [1.807, 2.05) is 24.1 Å². The molecule has 2 aromatic heterocycles. The van der Waals surface area contributed by atoms with Gasteiger partial charge >= 0.3 is 0 Å². The van der Waals surface area contributed by atoms with Crippen molar-refractivity contribution in [1.29, 1.82) is 0 Å². The second-order valence-electron chi connectivity index (χ2n) is 6.18. The Bertz CT molecular complexity index is 843. The van der Waals surface area contributed by atoms with Crippen molar-refractivity contribution < 1.29 is 0 Å². The molecule has 0 aromatic carbocycles. The summed E-state index contributed by atoms with van der Waals surface area (Å²) in [6.07, 6.45) is 8.08. The number of aromatic nitrogens is 3. The molecule has 0 amide bonds. The quantitative estimate of drug-likeness (QED) is 0.930. The van der Waals surface area contributed by atoms with E-state index < -0.39 is 0 Å². The lowest BCUT2D eigenvalue weighted by molar-refractivity contribution is 0.273. The van der Waals surface area contributed by atoms with Crippen LogP contribution in [0.15, 0.2) is 45.5 Å². The number of hydrogen-bond donors (Lipinski definition) is 1. The summed E-state index contributed by atoms with van der Waals surface area (Å²) in [5.41, 5.74) is 9.58. The molecule has 124 valence electrons. The monoisotopic (exact) mass is 340 g/mol. The maximum Gasteiger partial charge on any atom is 0.163 e. The van der Waals surface area contributed by atoms with E-state index >= 15 is 0 Å². The van der Waals surface area contributed by atoms with E-state index in [1.165, 1.54) is 11.3 Å². The fourth-order valence-corrected chi connectivity index (χ4v) is 3.54. The molecule has 4 heterocycles. The van der Waals surface area contributed by atoms with Crippen molar-refractivity contribution in [2.45, 2.75) is 32.9 Å². The first-order valence-electron chi connectivity index (χ1n) is 8.00. The van der Waals surface area contributed by atoms with E-state index in [1.54, 1.807) is 11.3 Å². The first-order chi connectivity index (χ1) is 11.6. The molecule has 2 aliphatic heterocycles. The number of thiazole rings is 1. The van der Waals surface area contributed by atoms with Crippen LogP contribution in [0.1, 0.15) is 26.1 Å². The Labute approximate surface area is 145 Å². The molecular formula is C17H20N6S. The third kappa shape index (κ3) is 2.65. The minimum atomic E-state index is 0.0944. The highest BCUT2D eigenvalue weighted by molar-refractivity contribution is 7.07. The van der Waals surface area contributed by atoms with E-state index in [-0.39, 0.29) is 6.17 Å². The summed E-state index contributed by atoms with van der Waals surface area (Å²) < 4.78 is 2.08. The molecule has 0 spiro atoms. The van der Waals surface area contributed by atoms with Gasteiger partial charge in [-0.3, -0.25) is 10.4 Å². The molecule has 1 unspecified atom stereocenters. The largest absolute Gasteiger partial charge is 0.337 e. The Balaban J connectivity index is 1.46. The van der Waals surface area contributed by atoms with Gasteiger partial charge in [-0.2, -0.15) is 0 Å². The van der Waals surface area contributed by atoms with Crippen molar-refractivity contribution in [1.82, 2.24) is 25.0 Å². The number of nitrogens with zero attached hydrogens (tertiary/aromatic N) is 5. The normalized spacial score (nSPS) is 19.5. The predicted molar refractivity (Wildman–Crippen MR) is 96.3 cm³/mol. The van der Waals surface area contributed by atoms with E-state index in [2.05, 4.69) is 46.0 Å². The third-order valence-electron chi connectivity index (χ3n) is 4.40. The molecule has 2 aliphatic rings. The van der Waals surface area contributed by atoms with E-state index in [4.69, 9.17) is 9.98 Å². The van der Waals surface area contributed by atoms with Crippen LogP contribution in [0.5, 0.6) is 0 Å². The summed E-state index contributed by atoms with van der Waals surface area (Å²) in [6, 6.07) is 0. The minimum absolute atomic E-state index is 0.0944. The van der Waals surface area contributed by atoms with Crippen LogP contribution in [0.25, 0.3) is 11.4 Å². The van der Waals surface area contributed by atoms with Gasteiger partial charge in [0.1, 0.15) is 23.0 Å². The number of aliphatic imine (C=N–C) groups is 1. The Morgan fingerprint density at radius 2 is 2.08 bits per heavy atom. The number of nitrogens with one attached hydrogen (secondary N) is 1. The van der Waals surface area contributed by atoms with E-state index in [0.717, 1.165) is 35.9 Å². The highest BCUT2D eigenvalue weighted by Gasteiger charge is 2.29. The smallest absolute Gasteiger partial charge is 0.163 e. The Hall–Kier alpha value is -2.41. The molecule has 0 saturated carbocycles. The van der Waals surface area contributed by atoms with Gasteiger partial charge in [0.05, 0.1) is 5.51 Å². The van der Waals surface area contributed by atoms with Crippen molar-refractivity contribution in [2.24, 2.45) is 12.0 Å². The van der Waals surface area contributed by atoms with E-state index in [9.17, 15) is 0 Å². The number of allylic oxidation sites excluding steroid dienone is 3. The summed E-state index contributed by atoms with van der Waals surface area (Å²) in [5, 5.41) is 4.15. The molecule has 0 fully saturated rings. The number of hydrazine groups is 1. The van der Waals surface area contributed by atoms with Gasteiger partial charge in [0.15, 0.2) is 6.17 Å². The van der Waals surface area contributed by atoms with Gasteiger partial charge in [0.2, 0.25) is 0 Å². The maximum atomic E-state index is 4.82. The second-order valence-corrected chi connectivity index (χ2v) is 6.90. The van der Waals surface area contributed by atoms with Crippen LogP contribution in [0.3, 0.4) is 0 Å². The molecule has 0 aliphatic carbocycles. The van der Waals surface area contributed by atoms with Crippen LogP contribution in [-0.4, -0.2) is 31.5 Å². The lowest BCUT2D eigenvalue weighted by Gasteiger charge is -2.29. The summed E-state index contributed by atoms with van der Waals surface area (Å²) in [6.45, 7) is 4.22. The molecule has 24 heavy (non-hydrogen) atoms. The highest BCUT2D eigenvalue weighted by atomic mass is 32.1. The fourth-order valence-electron chi connectivity index (χ4n) is 2.99. The van der Waals surface area contributed by atoms with Crippen molar-refractivity contribution in [2.75, 3.05) is 0 Å². The predicted octanol–water partition coefficient (Wildman–Crippen LogP) is 2.88. The second kappa shape index (κ2) is 5.90. The summed E-state index contributed by atoms with van der Waals surface area (Å²) in [5.74, 6) is 2.06. The molecule has 1 N–H and O–H groups in total. The maximum absolute atomic E-state index is 4.82. The molecule has 0 radical (unpaired) electrons. The molecule has 2 aromatic rings. The number of hydrogen-bond acceptors (Lipinski definition) is 6. The lowest BCUT2D eigenvalue weighted by Crippen LogP contribution is -2.41. The summed E-state index contributed by atoms with van der Waals surface area (Å²) in [4.78, 5) is 13.9. The first-order valence-corrected chi connectivity index (χ1v) is 8.94. The number of aryl methyl sites for hydroxylation is 2. The fraction of sp³-hybridized carbons (Fsp3) is 0.353. The minimum Gasteiger partial charge on any atom is -0.337 e. The van der Waals surface area contributed by atoms with Crippen molar-refractivity contribution in [3.8, 4) is 11.4 Å². The third-order valence-corrected chi connectivity index (χ3v) is 4.99. The molecule has 6 nitrogen and oxygen atoms in total. The topological polar surface area (TPSA) is 58.3 Å². The number of amidine groups is 1. The molecular weight excluding hydrogens is 320 g/mol. The molecule has 0 saturated heterocycles. The van der Waals surface area contributed by atoms with Gasteiger partial charge in [-0.1, -0.05) is 6.08 Å². The standard InChI is InChI=1S/C17H20N6S/c1-11-4-5-12(2)23-17(11)20-15(21-23)6-7-16-19-13(8-22(16)3)14-9-24-10-18-14/h4-5,8-10,17H,6-7H2,1-3H3,(H,20,21). The van der Waals surface area contributed by atoms with Gasteiger partial charge in [-0.25, -0.2) is 15.0 Å². The zero-order chi connectivity index (χ0) is 16.7. The van der Waals surface area contributed by atoms with Crippen molar-refractivity contribution >= 4 is 17.2 Å². The van der Waals surface area contributed by atoms with Crippen LogP contribution < -0.4 is 5.43 Å². The number of rotatable bonds is 4. The Morgan fingerprint density at radius 1 is 1.21 bits per heavy atom. The summed E-state index contributed by atoms with van der Waals surface area (Å²) >= 11 is 1.59. The van der Waals surface area contributed by atoms with Crippen LogP contribution in [0, 0.1) is 0 Å². The molecule has 4 rings (SSSR count). The lowest BCUT2D eigenvalue weighted by atomic mass is 10.1. The van der Waals surface area contributed by atoms with Gasteiger partial charge in [0.25, 0.3) is 0 Å². The van der Waals surface area contributed by atoms with Gasteiger partial charge in [-0.15, -0.1) is 11.3 Å². The van der Waals surface area contributed by atoms with E-state index in [0.29, 0.717) is 0 Å². The van der Waals surface area contributed by atoms with Crippen LogP contribution in [0.4, 0.5) is 0 Å². The van der Waals surface area contributed by atoms with Gasteiger partial charge in [-0.05, 0) is 25.5 Å². The van der Waals surface area contributed by atoms with Crippen LogP contribution >= 0.6 is 11.3 Å². The van der Waals surface area contributed by atoms with Crippen molar-refractivity contribution in [3.05, 3.63) is 46.3 Å². The number of fused-ring (bicyclic) bond motifs is 1. The highest BCUT2D eigenvalue weighted by Crippen LogP contribution is 2.25. The van der Waals surface area contributed by atoms with Gasteiger partial charge in [0, 0.05) is 37.2 Å². The van der Waals surface area contributed by atoms with Crippen molar-refractivity contribution in [3.63, 3.8) is 0 Å². The SMILES string of the molecule is CC1=CC=C(C)N2NC(CCc3nc(-c4cscn4)cn3C)=NC12. The summed E-state index contributed by atoms with van der Waals surface area (Å²) in [7, 11) is 2.03. The molecule has 1 atom stereocenters. The first kappa shape index (κ1) is 15.1. The Kier molecular flexibility index (Phi) is 3.72.